The number of halogens is 3. The molecule has 2 atom stereocenters. The third-order valence-electron chi connectivity index (χ3n) is 5.46. The number of nitrogens with one attached hydrogen (secondary N) is 1. The van der Waals surface area contributed by atoms with Gasteiger partial charge in [-0.2, -0.15) is 0 Å². The fourth-order valence-corrected chi connectivity index (χ4v) is 3.74. The highest BCUT2D eigenvalue weighted by molar-refractivity contribution is 5.93. The average molecular weight is 488 g/mol. The summed E-state index contributed by atoms with van der Waals surface area (Å²) >= 11 is 0. The van der Waals surface area contributed by atoms with Gasteiger partial charge in [0.25, 0.3) is 5.91 Å². The number of benzene rings is 1. The molecule has 0 saturated heterocycles. The summed E-state index contributed by atoms with van der Waals surface area (Å²) in [4.78, 5) is 25.6. The molecule has 4 rings (SSSR count). The maximum atomic E-state index is 12.8. The number of hydrogen-bond donors (Lipinski definition) is 2. The Morgan fingerprint density at radius 3 is 2.54 bits per heavy atom. The van der Waals surface area contributed by atoms with Crippen LogP contribution in [-0.4, -0.2) is 44.5 Å². The second-order valence-corrected chi connectivity index (χ2v) is 8.02. The molecule has 1 amide bonds. The van der Waals surface area contributed by atoms with E-state index in [4.69, 9.17) is 4.74 Å². The second kappa shape index (κ2) is 10.7. The van der Waals surface area contributed by atoms with Gasteiger partial charge in [-0.05, 0) is 49.2 Å². The lowest BCUT2D eigenvalue weighted by molar-refractivity contribution is -0.274. The summed E-state index contributed by atoms with van der Waals surface area (Å²) in [6, 6.07) is 9.93. The van der Waals surface area contributed by atoms with Crippen LogP contribution in [0.15, 0.2) is 54.9 Å². The topological polar surface area (TPSA) is 106 Å². The molecule has 184 valence electrons. The van der Waals surface area contributed by atoms with Crippen molar-refractivity contribution in [2.75, 3.05) is 0 Å². The Kier molecular flexibility index (Phi) is 7.45. The highest BCUT2D eigenvalue weighted by atomic mass is 19.4. The first-order chi connectivity index (χ1) is 16.8. The Labute approximate surface area is 199 Å². The quantitative estimate of drug-likeness (QED) is 0.517. The Bertz CT molecular complexity index is 1140. The number of ether oxygens (including phenoxy) is 2. The van der Waals surface area contributed by atoms with Gasteiger partial charge in [-0.25, -0.2) is 9.97 Å². The second-order valence-electron chi connectivity index (χ2n) is 8.02. The van der Waals surface area contributed by atoms with Crippen molar-refractivity contribution in [3.05, 3.63) is 66.2 Å². The van der Waals surface area contributed by atoms with E-state index in [1.54, 1.807) is 24.4 Å². The van der Waals surface area contributed by atoms with Crippen LogP contribution in [0.25, 0.3) is 11.3 Å². The summed E-state index contributed by atoms with van der Waals surface area (Å²) in [5, 5.41) is 12.9. The molecule has 8 nitrogen and oxygen atoms in total. The molecule has 0 radical (unpaired) electrons. The SMILES string of the molecule is O=C(N[C@@H]1CCCC[C@H]1O)c1cnc(OCc2ccccn2)c(-c2ccc(OC(F)(F)F)cc2)n1. The van der Waals surface area contributed by atoms with E-state index in [1.165, 1.54) is 18.3 Å². The maximum absolute atomic E-state index is 12.8. The van der Waals surface area contributed by atoms with Crippen LogP contribution in [0, 0.1) is 0 Å². The minimum absolute atomic E-state index is 0.0152. The van der Waals surface area contributed by atoms with Crippen LogP contribution in [-0.2, 0) is 6.61 Å². The number of alkyl halides is 3. The molecule has 11 heteroatoms. The minimum Gasteiger partial charge on any atom is -0.470 e. The van der Waals surface area contributed by atoms with Gasteiger partial charge in [-0.3, -0.25) is 9.78 Å². The van der Waals surface area contributed by atoms with Crippen LogP contribution in [0.5, 0.6) is 11.6 Å². The van der Waals surface area contributed by atoms with E-state index < -0.39 is 24.1 Å². The zero-order valence-electron chi connectivity index (χ0n) is 18.5. The Hall–Kier alpha value is -3.73. The molecular formula is C24H23F3N4O4. The molecule has 0 unspecified atom stereocenters. The van der Waals surface area contributed by atoms with E-state index >= 15 is 0 Å². The van der Waals surface area contributed by atoms with Crippen molar-refractivity contribution in [1.82, 2.24) is 20.3 Å². The van der Waals surface area contributed by atoms with Gasteiger partial charge in [0.15, 0.2) is 0 Å². The maximum Gasteiger partial charge on any atom is 0.573 e. The molecule has 0 aliphatic heterocycles. The van der Waals surface area contributed by atoms with Gasteiger partial charge < -0.3 is 19.9 Å². The summed E-state index contributed by atoms with van der Waals surface area (Å²) in [6.45, 7) is 0.0671. The van der Waals surface area contributed by atoms with Gasteiger partial charge in [-0.15, -0.1) is 13.2 Å². The van der Waals surface area contributed by atoms with Crippen molar-refractivity contribution in [3.63, 3.8) is 0 Å². The molecule has 1 aromatic carbocycles. The number of nitrogens with zero attached hydrogens (tertiary/aromatic N) is 3. The van der Waals surface area contributed by atoms with Gasteiger partial charge in [0.05, 0.1) is 24.0 Å². The number of amides is 1. The van der Waals surface area contributed by atoms with E-state index in [1.807, 2.05) is 0 Å². The van der Waals surface area contributed by atoms with E-state index in [-0.39, 0.29) is 29.9 Å². The molecule has 2 N–H and O–H groups in total. The van der Waals surface area contributed by atoms with E-state index in [9.17, 15) is 23.1 Å². The van der Waals surface area contributed by atoms with Crippen molar-refractivity contribution < 1.29 is 32.5 Å². The lowest BCUT2D eigenvalue weighted by atomic mass is 9.92. The zero-order chi connectivity index (χ0) is 24.8. The Morgan fingerprint density at radius 1 is 1.09 bits per heavy atom. The van der Waals surface area contributed by atoms with Gasteiger partial charge in [0.1, 0.15) is 23.7 Å². The average Bonchev–Trinajstić information content (AvgIpc) is 2.84. The molecule has 1 fully saturated rings. The zero-order valence-corrected chi connectivity index (χ0v) is 18.5. The first-order valence-electron chi connectivity index (χ1n) is 11.0. The predicted molar refractivity (Wildman–Crippen MR) is 118 cm³/mol. The third-order valence-corrected chi connectivity index (χ3v) is 5.46. The first-order valence-corrected chi connectivity index (χ1v) is 11.0. The number of hydrogen-bond acceptors (Lipinski definition) is 7. The lowest BCUT2D eigenvalue weighted by Crippen LogP contribution is -2.45. The minimum atomic E-state index is -4.82. The summed E-state index contributed by atoms with van der Waals surface area (Å²) in [5.41, 5.74) is 1.15. The van der Waals surface area contributed by atoms with Crippen molar-refractivity contribution in [1.29, 1.82) is 0 Å². The van der Waals surface area contributed by atoms with Crippen LogP contribution >= 0.6 is 0 Å². The summed E-state index contributed by atoms with van der Waals surface area (Å²) in [7, 11) is 0. The molecule has 1 saturated carbocycles. The normalized spacial score (nSPS) is 18.1. The Balaban J connectivity index is 1.60. The number of carbonyl (C=O) groups is 1. The molecule has 0 bridgehead atoms. The summed E-state index contributed by atoms with van der Waals surface area (Å²) < 4.78 is 47.3. The van der Waals surface area contributed by atoms with Crippen LogP contribution in [0.1, 0.15) is 41.9 Å². The number of pyridine rings is 1. The van der Waals surface area contributed by atoms with E-state index in [0.717, 1.165) is 25.0 Å². The number of rotatable bonds is 7. The molecule has 2 aromatic heterocycles. The molecule has 2 heterocycles. The smallest absolute Gasteiger partial charge is 0.470 e. The molecule has 0 spiro atoms. The van der Waals surface area contributed by atoms with Gasteiger partial charge in [0, 0.05) is 11.8 Å². The molecule has 1 aliphatic carbocycles. The van der Waals surface area contributed by atoms with E-state index in [0.29, 0.717) is 24.1 Å². The highest BCUT2D eigenvalue weighted by Gasteiger charge is 2.31. The number of aliphatic hydroxyl groups excluding tert-OH is 1. The van der Waals surface area contributed by atoms with Crippen molar-refractivity contribution in [3.8, 4) is 22.9 Å². The summed E-state index contributed by atoms with van der Waals surface area (Å²) in [6.07, 6.45) is 0.454. The van der Waals surface area contributed by atoms with Crippen molar-refractivity contribution in [2.24, 2.45) is 0 Å². The number of aliphatic hydroxyl groups is 1. The lowest BCUT2D eigenvalue weighted by Gasteiger charge is -2.28. The van der Waals surface area contributed by atoms with Crippen LogP contribution < -0.4 is 14.8 Å². The molecule has 3 aromatic rings. The van der Waals surface area contributed by atoms with Crippen molar-refractivity contribution >= 4 is 5.91 Å². The van der Waals surface area contributed by atoms with Crippen LogP contribution in [0.2, 0.25) is 0 Å². The standard InChI is InChI=1S/C24H23F3N4O4/c25-24(26,27)35-17-10-8-15(9-11-17)21-23(34-14-16-5-3-4-12-28-16)29-13-19(30-21)22(33)31-18-6-1-2-7-20(18)32/h3-5,8-13,18,20,32H,1-2,6-7,14H2,(H,31,33)/t18-,20-/m1/s1. The number of carbonyl (C=O) groups excluding carboxylic acids is 1. The van der Waals surface area contributed by atoms with Crippen molar-refractivity contribution in [2.45, 2.75) is 50.8 Å². The van der Waals surface area contributed by atoms with E-state index in [2.05, 4.69) is 25.0 Å². The molecular weight excluding hydrogens is 465 g/mol. The largest absolute Gasteiger partial charge is 0.573 e. The monoisotopic (exact) mass is 488 g/mol. The van der Waals surface area contributed by atoms with Crippen LogP contribution in [0.3, 0.4) is 0 Å². The van der Waals surface area contributed by atoms with Gasteiger partial charge in [-0.1, -0.05) is 18.9 Å². The molecule has 35 heavy (non-hydrogen) atoms. The van der Waals surface area contributed by atoms with Gasteiger partial charge >= 0.3 is 6.36 Å². The molecule has 1 aliphatic rings. The fraction of sp³-hybridized carbons (Fsp3) is 0.333. The van der Waals surface area contributed by atoms with Gasteiger partial charge in [0.2, 0.25) is 5.88 Å². The number of aromatic nitrogens is 3. The van der Waals surface area contributed by atoms with Crippen LogP contribution in [0.4, 0.5) is 13.2 Å². The fourth-order valence-electron chi connectivity index (χ4n) is 3.74. The first kappa shape index (κ1) is 24.4. The Morgan fingerprint density at radius 2 is 1.86 bits per heavy atom. The highest BCUT2D eigenvalue weighted by Crippen LogP contribution is 2.30. The predicted octanol–water partition coefficient (Wildman–Crippen LogP) is 4.05. The third kappa shape index (κ3) is 6.66. The summed E-state index contributed by atoms with van der Waals surface area (Å²) in [5.74, 6) is -0.835.